The van der Waals surface area contributed by atoms with E-state index >= 15 is 0 Å². The minimum absolute atomic E-state index is 0.789. The average Bonchev–Trinajstić information content (AvgIpc) is 3.09. The maximum absolute atomic E-state index is 6.08. The molecule has 1 aliphatic heterocycles. The van der Waals surface area contributed by atoms with Gasteiger partial charge in [-0.1, -0.05) is 35.9 Å². The number of hydrogen-bond acceptors (Lipinski definition) is 4. The molecule has 0 atom stereocenters. The lowest BCUT2D eigenvalue weighted by atomic mass is 10.2. The molecule has 3 heterocycles. The van der Waals surface area contributed by atoms with Crippen molar-refractivity contribution in [2.75, 3.05) is 31.1 Å². The molecule has 1 N–H and O–H groups in total. The number of benzene rings is 2. The molecule has 2 aromatic heterocycles. The number of para-hydroxylation sites is 1. The Kier molecular flexibility index (Phi) is 4.19. The summed E-state index contributed by atoms with van der Waals surface area (Å²) in [6.45, 7) is 5.05. The van der Waals surface area contributed by atoms with Crippen LogP contribution in [-0.2, 0) is 6.54 Å². The molecule has 6 heteroatoms. The molecule has 0 unspecified atom stereocenters. The molecule has 0 radical (unpaired) electrons. The predicted molar refractivity (Wildman–Crippen MR) is 107 cm³/mol. The zero-order chi connectivity index (χ0) is 18.2. The average molecular weight is 380 g/mol. The number of piperazine rings is 1. The van der Waals surface area contributed by atoms with Crippen molar-refractivity contribution in [3.8, 4) is 0 Å². The van der Waals surface area contributed by atoms with Crippen molar-refractivity contribution in [2.45, 2.75) is 6.54 Å². The van der Waals surface area contributed by atoms with Crippen molar-refractivity contribution in [1.82, 2.24) is 9.97 Å². The van der Waals surface area contributed by atoms with E-state index in [1.807, 2.05) is 36.4 Å². The second-order valence-electron chi connectivity index (χ2n) is 7.01. The van der Waals surface area contributed by atoms with Crippen LogP contribution in [0.5, 0.6) is 0 Å². The molecule has 1 aliphatic rings. The number of nitrogens with zero attached hydrogens (tertiary/aromatic N) is 3. The molecular weight excluding hydrogens is 360 g/mol. The summed E-state index contributed by atoms with van der Waals surface area (Å²) in [5, 5.41) is 1.83. The van der Waals surface area contributed by atoms with E-state index in [4.69, 9.17) is 16.0 Å². The minimum atomic E-state index is 0.789. The first kappa shape index (κ1) is 16.5. The molecule has 0 amide bonds. The molecule has 5 rings (SSSR count). The van der Waals surface area contributed by atoms with E-state index < -0.39 is 0 Å². The highest BCUT2D eigenvalue weighted by atomic mass is 35.5. The highest BCUT2D eigenvalue weighted by Crippen LogP contribution is 2.31. The molecule has 1 saturated heterocycles. The van der Waals surface area contributed by atoms with Crippen LogP contribution < -0.4 is 9.80 Å². The van der Waals surface area contributed by atoms with Crippen LogP contribution in [0.4, 0.5) is 5.82 Å². The molecule has 1 fully saturated rings. The molecule has 0 aliphatic carbocycles. The highest BCUT2D eigenvalue weighted by molar-refractivity contribution is 6.30. The fourth-order valence-corrected chi connectivity index (χ4v) is 3.97. The zero-order valence-corrected chi connectivity index (χ0v) is 15.6. The SMILES string of the molecule is Clc1ccc(C[NH+]2CCN(c3ncnc4c3oc3ccccc34)CC2)cc1. The van der Waals surface area contributed by atoms with Crippen LogP contribution in [0.1, 0.15) is 5.56 Å². The van der Waals surface area contributed by atoms with Crippen LogP contribution in [0.25, 0.3) is 22.1 Å². The quantitative estimate of drug-likeness (QED) is 0.594. The Morgan fingerprint density at radius 3 is 2.59 bits per heavy atom. The lowest BCUT2D eigenvalue weighted by Gasteiger charge is -2.32. The maximum Gasteiger partial charge on any atom is 0.196 e. The van der Waals surface area contributed by atoms with Gasteiger partial charge in [-0.2, -0.15) is 0 Å². The van der Waals surface area contributed by atoms with Gasteiger partial charge in [-0.15, -0.1) is 0 Å². The van der Waals surface area contributed by atoms with E-state index in [2.05, 4.69) is 27.0 Å². The summed E-state index contributed by atoms with van der Waals surface area (Å²) in [6.07, 6.45) is 1.65. The summed E-state index contributed by atoms with van der Waals surface area (Å²) in [5.74, 6) is 0.904. The third kappa shape index (κ3) is 3.13. The number of nitrogens with one attached hydrogen (secondary N) is 1. The number of furan rings is 1. The Bertz CT molecular complexity index is 1080. The molecule has 4 aromatic rings. The third-order valence-corrected chi connectivity index (χ3v) is 5.53. The molecule has 5 nitrogen and oxygen atoms in total. The van der Waals surface area contributed by atoms with Crippen LogP contribution in [0.3, 0.4) is 0 Å². The number of aromatic nitrogens is 2. The van der Waals surface area contributed by atoms with Crippen LogP contribution in [0.2, 0.25) is 5.02 Å². The second-order valence-corrected chi connectivity index (χ2v) is 7.45. The minimum Gasteiger partial charge on any atom is -0.450 e. The van der Waals surface area contributed by atoms with Crippen LogP contribution >= 0.6 is 11.6 Å². The normalized spacial score (nSPS) is 15.7. The van der Waals surface area contributed by atoms with Gasteiger partial charge in [0.2, 0.25) is 0 Å². The summed E-state index contributed by atoms with van der Waals surface area (Å²) in [6, 6.07) is 16.2. The Balaban J connectivity index is 1.35. The second kappa shape index (κ2) is 6.83. The van der Waals surface area contributed by atoms with E-state index in [9.17, 15) is 0 Å². The monoisotopic (exact) mass is 379 g/mol. The molecule has 0 saturated carbocycles. The molecule has 0 bridgehead atoms. The van der Waals surface area contributed by atoms with Crippen molar-refractivity contribution < 1.29 is 9.32 Å². The number of quaternary nitrogens is 1. The first-order valence-corrected chi connectivity index (χ1v) is 9.61. The Hall–Kier alpha value is -2.63. The van der Waals surface area contributed by atoms with Crippen LogP contribution in [-0.4, -0.2) is 36.1 Å². The van der Waals surface area contributed by atoms with Crippen molar-refractivity contribution in [1.29, 1.82) is 0 Å². The fourth-order valence-electron chi connectivity index (χ4n) is 3.84. The zero-order valence-electron chi connectivity index (χ0n) is 14.9. The van der Waals surface area contributed by atoms with Crippen molar-refractivity contribution in [2.24, 2.45) is 0 Å². The van der Waals surface area contributed by atoms with Gasteiger partial charge in [-0.3, -0.25) is 0 Å². The van der Waals surface area contributed by atoms with Crippen LogP contribution in [0.15, 0.2) is 59.3 Å². The van der Waals surface area contributed by atoms with Gasteiger partial charge in [-0.25, -0.2) is 9.97 Å². The Labute approximate surface area is 162 Å². The van der Waals surface area contributed by atoms with E-state index in [-0.39, 0.29) is 0 Å². The first-order chi connectivity index (χ1) is 13.3. The lowest BCUT2D eigenvalue weighted by molar-refractivity contribution is -0.914. The topological polar surface area (TPSA) is 46.6 Å². The molecule has 0 spiro atoms. The van der Waals surface area contributed by atoms with Gasteiger partial charge < -0.3 is 14.2 Å². The summed E-state index contributed by atoms with van der Waals surface area (Å²) in [5.41, 5.74) is 3.87. The van der Waals surface area contributed by atoms with Crippen LogP contribution in [0, 0.1) is 0 Å². The Morgan fingerprint density at radius 2 is 1.78 bits per heavy atom. The maximum atomic E-state index is 6.08. The lowest BCUT2D eigenvalue weighted by Crippen LogP contribution is -3.13. The third-order valence-electron chi connectivity index (χ3n) is 5.28. The summed E-state index contributed by atoms with van der Waals surface area (Å²) in [4.78, 5) is 12.9. The highest BCUT2D eigenvalue weighted by Gasteiger charge is 2.24. The van der Waals surface area contributed by atoms with E-state index in [0.717, 1.165) is 65.6 Å². The summed E-state index contributed by atoms with van der Waals surface area (Å²) >= 11 is 5.98. The number of fused-ring (bicyclic) bond motifs is 3. The van der Waals surface area contributed by atoms with Gasteiger partial charge >= 0.3 is 0 Å². The van der Waals surface area contributed by atoms with E-state index in [1.165, 1.54) is 5.56 Å². The molecular formula is C21H20ClN4O+. The number of halogens is 1. The number of anilines is 1. The molecule has 136 valence electrons. The van der Waals surface area contributed by atoms with E-state index in [0.29, 0.717) is 0 Å². The smallest absolute Gasteiger partial charge is 0.196 e. The number of rotatable bonds is 3. The van der Waals surface area contributed by atoms with Gasteiger partial charge in [-0.05, 0) is 24.3 Å². The standard InChI is InChI=1S/C21H19ClN4O/c22-16-7-5-15(6-8-16)13-25-9-11-26(12-10-25)21-20-19(23-14-24-21)17-3-1-2-4-18(17)27-20/h1-8,14H,9-13H2/p+1. The predicted octanol–water partition coefficient (Wildman–Crippen LogP) is 2.93. The van der Waals surface area contributed by atoms with E-state index in [1.54, 1.807) is 11.2 Å². The van der Waals surface area contributed by atoms with Gasteiger partial charge in [0.1, 0.15) is 24.0 Å². The summed E-state index contributed by atoms with van der Waals surface area (Å²) < 4.78 is 6.08. The summed E-state index contributed by atoms with van der Waals surface area (Å²) in [7, 11) is 0. The number of hydrogen-bond donors (Lipinski definition) is 1. The Morgan fingerprint density at radius 1 is 1.00 bits per heavy atom. The van der Waals surface area contributed by atoms with Gasteiger partial charge in [0.25, 0.3) is 0 Å². The van der Waals surface area contributed by atoms with Gasteiger partial charge in [0.05, 0.1) is 26.2 Å². The van der Waals surface area contributed by atoms with Gasteiger partial charge in [0, 0.05) is 16.0 Å². The van der Waals surface area contributed by atoms with Crippen molar-refractivity contribution in [3.05, 3.63) is 65.4 Å². The van der Waals surface area contributed by atoms with Crippen molar-refractivity contribution in [3.63, 3.8) is 0 Å². The van der Waals surface area contributed by atoms with Crippen molar-refractivity contribution >= 4 is 39.5 Å². The molecule has 2 aromatic carbocycles. The largest absolute Gasteiger partial charge is 0.450 e. The fraction of sp³-hybridized carbons (Fsp3) is 0.238. The first-order valence-electron chi connectivity index (χ1n) is 9.23. The molecule has 27 heavy (non-hydrogen) atoms. The van der Waals surface area contributed by atoms with Gasteiger partial charge in [0.15, 0.2) is 11.4 Å².